The standard InChI is InChI=1S/C30H50N4O5S/c1-8-39-30(36)22-13-15-34(16-14-22)29(35)26(11-9-10-12-27(31)32)33-40(37,38)28-24(20(4)5)17-23(19(2)3)18-25(28)21(6)7/h17-22,26,33H,8-16H2,1-7H3,(H3,31,32)/t26-/m0/s1. The molecule has 1 aliphatic heterocycles. The third-order valence-electron chi connectivity index (χ3n) is 7.56. The van der Waals surface area contributed by atoms with Gasteiger partial charge in [-0.1, -0.05) is 60.1 Å². The van der Waals surface area contributed by atoms with Gasteiger partial charge in [-0.25, -0.2) is 8.42 Å². The summed E-state index contributed by atoms with van der Waals surface area (Å²) in [5.74, 6) is -0.543. The van der Waals surface area contributed by atoms with Gasteiger partial charge in [-0.05, 0) is 67.1 Å². The van der Waals surface area contributed by atoms with Gasteiger partial charge in [0.15, 0.2) is 0 Å². The number of benzene rings is 1. The van der Waals surface area contributed by atoms with Crippen molar-refractivity contribution in [3.63, 3.8) is 0 Å². The Labute approximate surface area is 241 Å². The first-order valence-electron chi connectivity index (χ1n) is 14.7. The predicted octanol–water partition coefficient (Wildman–Crippen LogP) is 5.00. The fourth-order valence-corrected chi connectivity index (χ4v) is 7.08. The SMILES string of the molecule is CCOC(=O)C1CCN(C(=O)[C@H](CCCCC(=N)N)NS(=O)(=O)c2c(C(C)C)cc(C(C)C)cc2C(C)C)CC1. The molecule has 226 valence electrons. The number of hydrogen-bond donors (Lipinski definition) is 3. The van der Waals surface area contributed by atoms with Gasteiger partial charge < -0.3 is 15.4 Å². The number of ether oxygens (including phenoxy) is 1. The molecule has 1 aliphatic rings. The van der Waals surface area contributed by atoms with Crippen LogP contribution in [0.25, 0.3) is 0 Å². The molecule has 40 heavy (non-hydrogen) atoms. The van der Waals surface area contributed by atoms with Crippen molar-refractivity contribution in [1.82, 2.24) is 9.62 Å². The molecule has 1 heterocycles. The third kappa shape index (κ3) is 9.03. The van der Waals surface area contributed by atoms with E-state index in [1.807, 2.05) is 39.8 Å². The molecule has 0 aliphatic carbocycles. The number of amides is 1. The highest BCUT2D eigenvalue weighted by Gasteiger charge is 2.35. The Kier molecular flexibility index (Phi) is 12.6. The Balaban J connectivity index is 2.41. The third-order valence-corrected chi connectivity index (χ3v) is 9.16. The van der Waals surface area contributed by atoms with Gasteiger partial charge in [0.1, 0.15) is 6.04 Å². The summed E-state index contributed by atoms with van der Waals surface area (Å²) in [7, 11) is -4.06. The maximum Gasteiger partial charge on any atom is 0.309 e. The molecule has 1 saturated heterocycles. The quantitative estimate of drug-likeness (QED) is 0.123. The molecule has 0 spiro atoms. The molecular formula is C30H50N4O5S. The Morgan fingerprint density at radius 1 is 1.02 bits per heavy atom. The van der Waals surface area contributed by atoms with Crippen molar-refractivity contribution in [2.24, 2.45) is 11.7 Å². The van der Waals surface area contributed by atoms with E-state index in [0.29, 0.717) is 58.2 Å². The molecule has 4 N–H and O–H groups in total. The van der Waals surface area contributed by atoms with Crippen LogP contribution in [0.15, 0.2) is 17.0 Å². The number of sulfonamides is 1. The second-order valence-corrected chi connectivity index (χ2v) is 13.4. The molecule has 0 bridgehead atoms. The van der Waals surface area contributed by atoms with Gasteiger partial charge in [-0.15, -0.1) is 0 Å². The number of nitrogens with zero attached hydrogens (tertiary/aromatic N) is 1. The number of hydrogen-bond acceptors (Lipinski definition) is 6. The number of amidine groups is 1. The molecule has 0 unspecified atom stereocenters. The molecule has 0 aromatic heterocycles. The van der Waals surface area contributed by atoms with Gasteiger partial charge in [0, 0.05) is 19.5 Å². The van der Waals surface area contributed by atoms with Crippen LogP contribution in [0.5, 0.6) is 0 Å². The molecule has 2 rings (SSSR count). The van der Waals surface area contributed by atoms with Crippen molar-refractivity contribution in [2.75, 3.05) is 19.7 Å². The molecule has 1 atom stereocenters. The summed E-state index contributed by atoms with van der Waals surface area (Å²) < 4.78 is 36.2. The van der Waals surface area contributed by atoms with E-state index in [-0.39, 0.29) is 46.3 Å². The minimum Gasteiger partial charge on any atom is -0.466 e. The lowest BCUT2D eigenvalue weighted by Gasteiger charge is -2.34. The molecule has 1 aromatic carbocycles. The highest BCUT2D eigenvalue weighted by molar-refractivity contribution is 7.89. The summed E-state index contributed by atoms with van der Waals surface area (Å²) in [6.07, 6.45) is 2.78. The Hall–Kier alpha value is -2.46. The van der Waals surface area contributed by atoms with Crippen LogP contribution < -0.4 is 10.5 Å². The van der Waals surface area contributed by atoms with Crippen molar-refractivity contribution in [3.8, 4) is 0 Å². The van der Waals surface area contributed by atoms with E-state index in [4.69, 9.17) is 15.9 Å². The highest BCUT2D eigenvalue weighted by atomic mass is 32.2. The van der Waals surface area contributed by atoms with Crippen LogP contribution in [-0.4, -0.2) is 56.8 Å². The number of esters is 1. The Bertz CT molecular complexity index is 1110. The first-order chi connectivity index (χ1) is 18.7. The lowest BCUT2D eigenvalue weighted by Crippen LogP contribution is -2.51. The molecular weight excluding hydrogens is 528 g/mol. The smallest absolute Gasteiger partial charge is 0.309 e. The number of rotatable bonds is 14. The lowest BCUT2D eigenvalue weighted by atomic mass is 9.89. The van der Waals surface area contributed by atoms with Crippen LogP contribution >= 0.6 is 0 Å². The largest absolute Gasteiger partial charge is 0.466 e. The van der Waals surface area contributed by atoms with Gasteiger partial charge in [-0.2, -0.15) is 4.72 Å². The zero-order valence-corrected chi connectivity index (χ0v) is 26.2. The molecule has 1 aromatic rings. The van der Waals surface area contributed by atoms with Crippen LogP contribution in [0.3, 0.4) is 0 Å². The number of likely N-dealkylation sites (tertiary alicyclic amines) is 1. The van der Waals surface area contributed by atoms with Crippen molar-refractivity contribution >= 4 is 27.7 Å². The number of carbonyl (C=O) groups excluding carboxylic acids is 2. The summed E-state index contributed by atoms with van der Waals surface area (Å²) in [6, 6.07) is 3.01. The average molecular weight is 579 g/mol. The molecule has 1 fully saturated rings. The van der Waals surface area contributed by atoms with E-state index < -0.39 is 16.1 Å². The van der Waals surface area contributed by atoms with Crippen LogP contribution in [0, 0.1) is 11.3 Å². The molecule has 0 saturated carbocycles. The second-order valence-electron chi connectivity index (χ2n) is 11.8. The molecule has 1 amide bonds. The summed E-state index contributed by atoms with van der Waals surface area (Å²) in [5.41, 5.74) is 8.10. The van der Waals surface area contributed by atoms with Gasteiger partial charge in [-0.3, -0.25) is 15.0 Å². The summed E-state index contributed by atoms with van der Waals surface area (Å²) in [6.45, 7) is 15.0. The second kappa shape index (κ2) is 15.0. The average Bonchev–Trinajstić information content (AvgIpc) is 2.89. The van der Waals surface area contributed by atoms with Crippen LogP contribution in [0.1, 0.15) is 121 Å². The number of unbranched alkanes of at least 4 members (excludes halogenated alkanes) is 1. The van der Waals surface area contributed by atoms with Crippen molar-refractivity contribution in [1.29, 1.82) is 5.41 Å². The maximum atomic E-state index is 14.1. The maximum absolute atomic E-state index is 14.1. The van der Waals surface area contributed by atoms with Gasteiger partial charge in [0.25, 0.3) is 0 Å². The first kappa shape index (κ1) is 33.7. The van der Waals surface area contributed by atoms with Gasteiger partial charge >= 0.3 is 5.97 Å². The summed E-state index contributed by atoms with van der Waals surface area (Å²) in [4.78, 5) is 27.8. The number of nitrogens with two attached hydrogens (primary N) is 1. The van der Waals surface area contributed by atoms with Gasteiger partial charge in [0.2, 0.25) is 15.9 Å². The van der Waals surface area contributed by atoms with Crippen molar-refractivity contribution in [2.45, 2.75) is 116 Å². The van der Waals surface area contributed by atoms with E-state index in [0.717, 1.165) is 16.7 Å². The predicted molar refractivity (Wildman–Crippen MR) is 159 cm³/mol. The normalized spacial score (nSPS) is 15.6. The highest BCUT2D eigenvalue weighted by Crippen LogP contribution is 2.35. The molecule has 9 nitrogen and oxygen atoms in total. The molecule has 10 heteroatoms. The number of carbonyl (C=O) groups is 2. The van der Waals surface area contributed by atoms with Crippen LogP contribution in [0.4, 0.5) is 0 Å². The Morgan fingerprint density at radius 2 is 1.57 bits per heavy atom. The fourth-order valence-electron chi connectivity index (χ4n) is 5.16. The van der Waals surface area contributed by atoms with E-state index >= 15 is 0 Å². The van der Waals surface area contributed by atoms with E-state index in [2.05, 4.69) is 18.6 Å². The zero-order valence-electron chi connectivity index (χ0n) is 25.4. The number of piperidine rings is 1. The minimum absolute atomic E-state index is 0.0330. The van der Waals surface area contributed by atoms with E-state index in [1.165, 1.54) is 0 Å². The summed E-state index contributed by atoms with van der Waals surface area (Å²) >= 11 is 0. The first-order valence-corrected chi connectivity index (χ1v) is 16.2. The fraction of sp³-hybridized carbons (Fsp3) is 0.700. The van der Waals surface area contributed by atoms with E-state index in [9.17, 15) is 18.0 Å². The number of nitrogens with one attached hydrogen (secondary N) is 2. The van der Waals surface area contributed by atoms with Crippen molar-refractivity contribution < 1.29 is 22.7 Å². The van der Waals surface area contributed by atoms with Crippen molar-refractivity contribution in [3.05, 3.63) is 28.8 Å². The van der Waals surface area contributed by atoms with Crippen LogP contribution in [0.2, 0.25) is 0 Å². The Morgan fingerprint density at radius 3 is 2.02 bits per heavy atom. The van der Waals surface area contributed by atoms with E-state index in [1.54, 1.807) is 11.8 Å². The zero-order chi connectivity index (χ0) is 30.2. The van der Waals surface area contributed by atoms with Gasteiger partial charge in [0.05, 0.1) is 23.3 Å². The summed E-state index contributed by atoms with van der Waals surface area (Å²) in [5, 5.41) is 7.49. The minimum atomic E-state index is -4.06. The lowest BCUT2D eigenvalue weighted by molar-refractivity contribution is -0.151. The monoisotopic (exact) mass is 578 g/mol. The molecule has 0 radical (unpaired) electrons. The van der Waals surface area contributed by atoms with Crippen LogP contribution in [-0.2, 0) is 24.3 Å². The topological polar surface area (TPSA) is 143 Å².